The third kappa shape index (κ3) is 1.97. The van der Waals surface area contributed by atoms with E-state index in [-0.39, 0.29) is 0 Å². The average Bonchev–Trinajstić information content (AvgIpc) is 2.51. The molecular weight excluding hydrogens is 292 g/mol. The van der Waals surface area contributed by atoms with Crippen molar-refractivity contribution in [3.8, 4) is 0 Å². The molecule has 114 valence electrons. The molecule has 0 amide bonds. The van der Waals surface area contributed by atoms with Crippen molar-refractivity contribution in [2.45, 2.75) is 38.5 Å². The van der Waals surface area contributed by atoms with Crippen LogP contribution in [0.4, 0.5) is 5.69 Å². The van der Waals surface area contributed by atoms with E-state index in [1.165, 1.54) is 24.1 Å². The molecule has 2 aromatic rings. The fourth-order valence-electron chi connectivity index (χ4n) is 4.45. The Labute approximate surface area is 136 Å². The summed E-state index contributed by atoms with van der Waals surface area (Å²) >= 11 is 6.20. The number of allylic oxidation sites excluding steroid dienone is 2. The lowest BCUT2D eigenvalue weighted by molar-refractivity contribution is -0.654. The maximum Gasteiger partial charge on any atom is 0.216 e. The Morgan fingerprint density at radius 2 is 2.14 bits per heavy atom. The van der Waals surface area contributed by atoms with E-state index in [2.05, 4.69) is 30.7 Å². The van der Waals surface area contributed by atoms with Crippen LogP contribution in [0, 0.1) is 5.92 Å². The highest BCUT2D eigenvalue weighted by atomic mass is 35.5. The maximum absolute atomic E-state index is 6.61. The number of hydrogen-bond acceptors (Lipinski definition) is 1. The first-order chi connectivity index (χ1) is 10.6. The molecular formula is C19H22ClN2+. The van der Waals surface area contributed by atoms with Gasteiger partial charge in [0.1, 0.15) is 7.05 Å². The van der Waals surface area contributed by atoms with Crippen molar-refractivity contribution in [3.63, 3.8) is 0 Å². The summed E-state index contributed by atoms with van der Waals surface area (Å²) in [6.07, 6.45) is 7.19. The Bertz CT molecular complexity index is 807. The van der Waals surface area contributed by atoms with Crippen LogP contribution in [0.15, 0.2) is 29.8 Å². The second-order valence-electron chi connectivity index (χ2n) is 6.77. The second-order valence-corrected chi connectivity index (χ2v) is 7.21. The van der Waals surface area contributed by atoms with Gasteiger partial charge in [0.15, 0.2) is 5.69 Å². The van der Waals surface area contributed by atoms with E-state index in [1.54, 1.807) is 5.57 Å². The van der Waals surface area contributed by atoms with E-state index in [0.717, 1.165) is 34.5 Å². The maximum atomic E-state index is 6.61. The zero-order valence-electron chi connectivity index (χ0n) is 13.2. The summed E-state index contributed by atoms with van der Waals surface area (Å²) in [4.78, 5) is 0. The molecule has 2 bridgehead atoms. The third-order valence-electron chi connectivity index (χ3n) is 5.50. The van der Waals surface area contributed by atoms with E-state index < -0.39 is 0 Å². The Morgan fingerprint density at radius 1 is 1.32 bits per heavy atom. The van der Waals surface area contributed by atoms with Crippen molar-refractivity contribution < 1.29 is 4.57 Å². The fraction of sp³-hybridized carbons (Fsp3) is 0.421. The molecule has 0 radical (unpaired) electrons. The summed E-state index contributed by atoms with van der Waals surface area (Å²) in [5, 5.41) is 1.91. The molecule has 3 heteroatoms. The minimum absolute atomic E-state index is 0.583. The molecule has 1 heterocycles. The zero-order valence-corrected chi connectivity index (χ0v) is 14.0. The number of anilines is 1. The van der Waals surface area contributed by atoms with Gasteiger partial charge in [0.2, 0.25) is 5.52 Å². The first kappa shape index (κ1) is 14.1. The lowest BCUT2D eigenvalue weighted by atomic mass is 9.70. The van der Waals surface area contributed by atoms with E-state index in [9.17, 15) is 0 Å². The van der Waals surface area contributed by atoms with Crippen molar-refractivity contribution in [2.75, 3.05) is 5.73 Å². The van der Waals surface area contributed by atoms with Crippen LogP contribution in [0.25, 0.3) is 10.9 Å². The highest BCUT2D eigenvalue weighted by Gasteiger charge is 2.37. The van der Waals surface area contributed by atoms with Gasteiger partial charge in [-0.2, -0.15) is 4.57 Å². The zero-order chi connectivity index (χ0) is 15.4. The molecule has 2 aliphatic carbocycles. The topological polar surface area (TPSA) is 29.9 Å². The van der Waals surface area contributed by atoms with Crippen molar-refractivity contribution in [1.29, 1.82) is 0 Å². The molecule has 2 atom stereocenters. The number of nitrogen functional groups attached to an aromatic ring is 1. The molecule has 0 saturated heterocycles. The molecule has 1 aromatic carbocycles. The van der Waals surface area contributed by atoms with Crippen LogP contribution >= 0.6 is 11.6 Å². The molecule has 0 aliphatic heterocycles. The number of fused-ring (bicyclic) bond motifs is 5. The summed E-state index contributed by atoms with van der Waals surface area (Å²) in [6.45, 7) is 2.26. The number of rotatable bonds is 1. The van der Waals surface area contributed by atoms with Crippen molar-refractivity contribution >= 4 is 28.2 Å². The molecule has 1 aromatic heterocycles. The minimum atomic E-state index is 0.583. The summed E-state index contributed by atoms with van der Waals surface area (Å²) in [5.74, 6) is 1.25. The largest absolute Gasteiger partial charge is 0.398 e. The number of nitrogens with zero attached hydrogens (tertiary/aromatic N) is 1. The van der Waals surface area contributed by atoms with Crippen molar-refractivity contribution in [1.82, 2.24) is 0 Å². The highest BCUT2D eigenvalue weighted by Crippen LogP contribution is 2.46. The molecule has 22 heavy (non-hydrogen) atoms. The molecule has 2 nitrogen and oxygen atoms in total. The first-order valence-corrected chi connectivity index (χ1v) is 8.55. The van der Waals surface area contributed by atoms with E-state index in [4.69, 9.17) is 17.3 Å². The summed E-state index contributed by atoms with van der Waals surface area (Å²) < 4.78 is 2.32. The van der Waals surface area contributed by atoms with Gasteiger partial charge in [-0.15, -0.1) is 0 Å². The van der Waals surface area contributed by atoms with Crippen LogP contribution in [0.1, 0.15) is 43.4 Å². The normalized spacial score (nSPS) is 23.3. The Morgan fingerprint density at radius 3 is 2.91 bits per heavy atom. The van der Waals surface area contributed by atoms with Gasteiger partial charge in [0.05, 0.1) is 11.1 Å². The van der Waals surface area contributed by atoms with Crippen LogP contribution in [0.5, 0.6) is 0 Å². The Hall–Kier alpha value is -1.54. The molecule has 4 rings (SSSR count). The second kappa shape index (κ2) is 4.99. The number of halogens is 1. The van der Waals surface area contributed by atoms with Crippen molar-refractivity contribution in [2.24, 2.45) is 13.0 Å². The molecule has 0 fully saturated rings. The predicted molar refractivity (Wildman–Crippen MR) is 92.1 cm³/mol. The SMILES string of the molecule is CCC1=C[C@@H]2Cc3c(c(N)c4ccc(Cl)cc4[n+]3C)[C@H](C1)C2. The minimum Gasteiger partial charge on any atom is -0.398 e. The van der Waals surface area contributed by atoms with Gasteiger partial charge in [-0.1, -0.05) is 30.2 Å². The third-order valence-corrected chi connectivity index (χ3v) is 5.74. The number of nitrogens with two attached hydrogens (primary N) is 1. The van der Waals surface area contributed by atoms with Gasteiger partial charge in [-0.05, 0) is 43.2 Å². The number of hydrogen-bond donors (Lipinski definition) is 1. The standard InChI is InChI=1S/C19H21ClN2/c1-3-11-6-12-8-13(7-11)18-17(9-12)22(2)16-10-14(20)4-5-15(16)19(18)21/h4-6,10,12-13,21H,3,7-9H2,1-2H3/p+1/t12-,13+/m0/s1. The van der Waals surface area contributed by atoms with E-state index in [0.29, 0.717) is 11.8 Å². The van der Waals surface area contributed by atoms with Crippen LogP contribution in [0.3, 0.4) is 0 Å². The Balaban J connectivity index is 1.98. The van der Waals surface area contributed by atoms with Gasteiger partial charge in [-0.25, -0.2) is 0 Å². The van der Waals surface area contributed by atoms with Crippen LogP contribution in [-0.4, -0.2) is 0 Å². The highest BCUT2D eigenvalue weighted by molar-refractivity contribution is 6.31. The quantitative estimate of drug-likeness (QED) is 0.618. The van der Waals surface area contributed by atoms with Gasteiger partial charge in [0.25, 0.3) is 0 Å². The van der Waals surface area contributed by atoms with Gasteiger partial charge in [0, 0.05) is 23.1 Å². The summed E-state index contributed by atoms with van der Waals surface area (Å²) in [6, 6.07) is 6.04. The summed E-state index contributed by atoms with van der Waals surface area (Å²) in [7, 11) is 2.16. The van der Waals surface area contributed by atoms with E-state index in [1.807, 2.05) is 12.1 Å². The molecule has 2 aliphatic rings. The van der Waals surface area contributed by atoms with Gasteiger partial charge in [-0.3, -0.25) is 0 Å². The average molecular weight is 314 g/mol. The van der Waals surface area contributed by atoms with Gasteiger partial charge >= 0.3 is 0 Å². The molecule has 0 unspecified atom stereocenters. The monoisotopic (exact) mass is 313 g/mol. The molecule has 2 N–H and O–H groups in total. The van der Waals surface area contributed by atoms with Gasteiger partial charge < -0.3 is 5.73 Å². The van der Waals surface area contributed by atoms with Crippen LogP contribution < -0.4 is 10.3 Å². The predicted octanol–water partition coefficient (Wildman–Crippen LogP) is 4.29. The molecule has 0 spiro atoms. The molecule has 0 saturated carbocycles. The Kier molecular flexibility index (Phi) is 3.19. The number of aryl methyl sites for hydroxylation is 1. The lowest BCUT2D eigenvalue weighted by Crippen LogP contribution is -2.41. The number of pyridine rings is 1. The smallest absolute Gasteiger partial charge is 0.216 e. The first-order valence-electron chi connectivity index (χ1n) is 8.17. The van der Waals surface area contributed by atoms with E-state index >= 15 is 0 Å². The fourth-order valence-corrected chi connectivity index (χ4v) is 4.61. The van der Waals surface area contributed by atoms with Crippen molar-refractivity contribution in [3.05, 3.63) is 46.1 Å². The summed E-state index contributed by atoms with van der Waals surface area (Å²) in [5.41, 5.74) is 13.1. The van der Waals surface area contributed by atoms with Crippen LogP contribution in [0.2, 0.25) is 5.02 Å². The van der Waals surface area contributed by atoms with Crippen LogP contribution in [-0.2, 0) is 13.5 Å². The number of aromatic nitrogens is 1. The number of benzene rings is 1. The lowest BCUT2D eigenvalue weighted by Gasteiger charge is -2.34.